The van der Waals surface area contributed by atoms with Crippen LogP contribution in [0.3, 0.4) is 0 Å². The van der Waals surface area contributed by atoms with E-state index in [1.807, 2.05) is 0 Å². The first-order valence-electron chi connectivity index (χ1n) is 3.89. The Bertz CT molecular complexity index is 155. The summed E-state index contributed by atoms with van der Waals surface area (Å²) in [7, 11) is 0. The molecule has 0 saturated heterocycles. The van der Waals surface area contributed by atoms with Crippen LogP contribution in [0.1, 0.15) is 26.2 Å². The van der Waals surface area contributed by atoms with Gasteiger partial charge in [0.1, 0.15) is 0 Å². The van der Waals surface area contributed by atoms with Crippen LogP contribution in [0.25, 0.3) is 0 Å². The molecule has 0 rings (SSSR count). The molecule has 0 aromatic rings. The average Bonchev–Trinajstić information content (AvgIpc) is 1.97. The second kappa shape index (κ2) is 4.23. The molecular weight excluding hydrogens is 192 g/mol. The third-order valence-corrected chi connectivity index (χ3v) is 1.63. The molecule has 2 N–H and O–H groups in total. The van der Waals surface area contributed by atoms with Gasteiger partial charge >= 0.3 is 12.0 Å². The lowest BCUT2D eigenvalue weighted by Crippen LogP contribution is -2.50. The number of hydrogen-bond acceptors (Lipinski definition) is 2. The fourth-order valence-electron chi connectivity index (χ4n) is 0.764. The van der Waals surface area contributed by atoms with E-state index in [1.165, 1.54) is 0 Å². The molecule has 0 aliphatic heterocycles. The van der Waals surface area contributed by atoms with Gasteiger partial charge in [0, 0.05) is 0 Å². The van der Waals surface area contributed by atoms with E-state index in [2.05, 4.69) is 0 Å². The molecule has 0 aliphatic carbocycles. The Balaban J connectivity index is 4.27. The van der Waals surface area contributed by atoms with Crippen LogP contribution in [0.15, 0.2) is 0 Å². The second-order valence-corrected chi connectivity index (χ2v) is 2.82. The predicted molar refractivity (Wildman–Crippen MR) is 37.6 cm³/mol. The summed E-state index contributed by atoms with van der Waals surface area (Å²) in [6.07, 6.45) is -2.89. The highest BCUT2D eigenvalue weighted by atomic mass is 19.3. The molecule has 6 heteroatoms. The lowest BCUT2D eigenvalue weighted by atomic mass is 10.1. The van der Waals surface area contributed by atoms with Gasteiger partial charge in [0.05, 0.1) is 0 Å². The third-order valence-electron chi connectivity index (χ3n) is 1.63. The van der Waals surface area contributed by atoms with E-state index in [0.29, 0.717) is 6.42 Å². The first-order chi connectivity index (χ1) is 5.73. The molecular formula is C7H12F4O2. The van der Waals surface area contributed by atoms with Crippen LogP contribution < -0.4 is 0 Å². The summed E-state index contributed by atoms with van der Waals surface area (Å²) in [5.74, 6) is -4.78. The van der Waals surface area contributed by atoms with Crippen LogP contribution in [0.4, 0.5) is 17.6 Å². The molecule has 13 heavy (non-hydrogen) atoms. The molecule has 0 aromatic carbocycles. The van der Waals surface area contributed by atoms with Gasteiger partial charge in [-0.2, -0.15) is 13.2 Å². The molecule has 0 aromatic heterocycles. The highest BCUT2D eigenvalue weighted by Crippen LogP contribution is 2.35. The minimum atomic E-state index is -4.79. The molecule has 0 fully saturated rings. The maximum atomic E-state index is 12.6. The summed E-state index contributed by atoms with van der Waals surface area (Å²) < 4.78 is 49.3. The molecule has 80 valence electrons. The van der Waals surface area contributed by atoms with Crippen molar-refractivity contribution in [1.82, 2.24) is 0 Å². The Morgan fingerprint density at radius 2 is 1.69 bits per heavy atom. The van der Waals surface area contributed by atoms with Crippen LogP contribution in [0.5, 0.6) is 0 Å². The van der Waals surface area contributed by atoms with E-state index in [0.717, 1.165) is 0 Å². The Hall–Kier alpha value is -0.360. The van der Waals surface area contributed by atoms with Gasteiger partial charge < -0.3 is 10.2 Å². The summed E-state index contributed by atoms with van der Waals surface area (Å²) in [5, 5.41) is 15.8. The molecule has 1 atom stereocenters. The van der Waals surface area contributed by atoms with Crippen molar-refractivity contribution in [2.24, 2.45) is 0 Å². The van der Waals surface area contributed by atoms with E-state index >= 15 is 0 Å². The second-order valence-electron chi connectivity index (χ2n) is 2.82. The maximum absolute atomic E-state index is 12.6. The van der Waals surface area contributed by atoms with Crippen LogP contribution in [0, 0.1) is 0 Å². The summed E-state index contributed by atoms with van der Waals surface area (Å²) in [6.45, 7) is 1.64. The van der Waals surface area contributed by atoms with Gasteiger partial charge in [0.25, 0.3) is 0 Å². The summed E-state index contributed by atoms with van der Waals surface area (Å²) in [4.78, 5) is 0. The van der Waals surface area contributed by atoms with Crippen LogP contribution in [-0.4, -0.2) is 28.3 Å². The first kappa shape index (κ1) is 12.6. The highest BCUT2D eigenvalue weighted by Gasteiger charge is 2.59. The molecule has 0 aliphatic rings. The normalized spacial score (nSPS) is 15.9. The Labute approximate surface area is 73.2 Å². The number of rotatable bonds is 5. The molecule has 0 saturated carbocycles. The zero-order chi connectivity index (χ0) is 10.7. The van der Waals surface area contributed by atoms with Crippen molar-refractivity contribution >= 4 is 0 Å². The van der Waals surface area contributed by atoms with Gasteiger partial charge in [0.2, 0.25) is 0 Å². The predicted octanol–water partition coefficient (Wildman–Crippen LogP) is 1.76. The Morgan fingerprint density at radius 1 is 1.23 bits per heavy atom. The minimum Gasteiger partial charge on any atom is -0.335 e. The summed E-state index contributed by atoms with van der Waals surface area (Å²) >= 11 is 0. The smallest absolute Gasteiger partial charge is 0.335 e. The summed E-state index contributed by atoms with van der Waals surface area (Å²) in [6, 6.07) is -4.79. The standard InChI is InChI=1S/C7H12F4O2/c1-2-3-4-5(8)6(9,10)7(11,12)13/h5,12-13H,2-4H2,1H3. The fourth-order valence-corrected chi connectivity index (χ4v) is 0.764. The number of alkyl halides is 4. The molecule has 2 nitrogen and oxygen atoms in total. The molecule has 0 radical (unpaired) electrons. The fraction of sp³-hybridized carbons (Fsp3) is 1.00. The zero-order valence-corrected chi connectivity index (χ0v) is 7.10. The van der Waals surface area contributed by atoms with E-state index in [1.54, 1.807) is 6.92 Å². The van der Waals surface area contributed by atoms with Crippen LogP contribution >= 0.6 is 0 Å². The highest BCUT2D eigenvalue weighted by molar-refractivity contribution is 4.83. The van der Waals surface area contributed by atoms with Gasteiger partial charge in [-0.1, -0.05) is 19.8 Å². The van der Waals surface area contributed by atoms with Gasteiger partial charge in [-0.25, -0.2) is 4.39 Å². The van der Waals surface area contributed by atoms with Crippen molar-refractivity contribution in [2.75, 3.05) is 0 Å². The maximum Gasteiger partial charge on any atom is 0.384 e. The topological polar surface area (TPSA) is 40.5 Å². The number of hydrogen-bond donors (Lipinski definition) is 2. The molecule has 0 heterocycles. The molecule has 0 bridgehead atoms. The van der Waals surface area contributed by atoms with Crippen molar-refractivity contribution < 1.29 is 27.8 Å². The minimum absolute atomic E-state index is 0.132. The Kier molecular flexibility index (Phi) is 4.12. The summed E-state index contributed by atoms with van der Waals surface area (Å²) in [5.41, 5.74) is 0. The van der Waals surface area contributed by atoms with Crippen molar-refractivity contribution in [3.05, 3.63) is 0 Å². The van der Waals surface area contributed by atoms with Gasteiger partial charge in [-0.05, 0) is 6.42 Å². The molecule has 0 amide bonds. The Morgan fingerprint density at radius 3 is 2.00 bits per heavy atom. The number of unbranched alkanes of at least 4 members (excludes halogenated alkanes) is 1. The first-order valence-corrected chi connectivity index (χ1v) is 3.89. The lowest BCUT2D eigenvalue weighted by molar-refractivity contribution is -0.380. The monoisotopic (exact) mass is 204 g/mol. The van der Waals surface area contributed by atoms with Crippen LogP contribution in [0.2, 0.25) is 0 Å². The van der Waals surface area contributed by atoms with Gasteiger partial charge in [-0.3, -0.25) is 0 Å². The molecule has 0 spiro atoms. The lowest BCUT2D eigenvalue weighted by Gasteiger charge is -2.26. The van der Waals surface area contributed by atoms with Crippen LogP contribution in [-0.2, 0) is 0 Å². The van der Waals surface area contributed by atoms with E-state index < -0.39 is 24.6 Å². The van der Waals surface area contributed by atoms with Crippen molar-refractivity contribution in [1.29, 1.82) is 0 Å². The van der Waals surface area contributed by atoms with Gasteiger partial charge in [-0.15, -0.1) is 0 Å². The quantitative estimate of drug-likeness (QED) is 0.529. The average molecular weight is 204 g/mol. The number of halogens is 4. The van der Waals surface area contributed by atoms with E-state index in [9.17, 15) is 17.6 Å². The van der Waals surface area contributed by atoms with E-state index in [4.69, 9.17) is 10.2 Å². The largest absolute Gasteiger partial charge is 0.384 e. The van der Waals surface area contributed by atoms with Gasteiger partial charge in [0.15, 0.2) is 6.17 Å². The van der Waals surface area contributed by atoms with Crippen molar-refractivity contribution in [3.8, 4) is 0 Å². The SMILES string of the molecule is CCCCC(F)C(F)(F)C(O)(O)F. The van der Waals surface area contributed by atoms with E-state index in [-0.39, 0.29) is 6.42 Å². The number of aliphatic hydroxyl groups is 2. The third kappa shape index (κ3) is 3.11. The van der Waals surface area contributed by atoms with Crippen molar-refractivity contribution in [3.63, 3.8) is 0 Å². The van der Waals surface area contributed by atoms with Crippen molar-refractivity contribution in [2.45, 2.75) is 44.3 Å². The molecule has 1 unspecified atom stereocenters. The zero-order valence-electron chi connectivity index (χ0n) is 7.10.